The van der Waals surface area contributed by atoms with Crippen molar-refractivity contribution in [3.8, 4) is 5.75 Å². The minimum Gasteiger partial charge on any atom is -0.494 e. The maximum absolute atomic E-state index is 13.6. The van der Waals surface area contributed by atoms with Crippen molar-refractivity contribution in [3.05, 3.63) is 29.3 Å². The first-order valence-corrected chi connectivity index (χ1v) is 6.05. The van der Waals surface area contributed by atoms with Gasteiger partial charge in [0.2, 0.25) is 0 Å². The molecule has 1 atom stereocenters. The van der Waals surface area contributed by atoms with Crippen molar-refractivity contribution >= 4 is 0 Å². The lowest BCUT2D eigenvalue weighted by atomic mass is 10.1. The molecule has 0 saturated heterocycles. The standard InChI is InChI=1S/C13H20F2N2O/c1-3-9(6-16)7-17-8-10-4-12(15)13(18-2)5-11(10)14/h4-5,9,17H,3,6-8,16H2,1-2H3. The molecule has 0 aromatic heterocycles. The summed E-state index contributed by atoms with van der Waals surface area (Å²) in [5.41, 5.74) is 5.86. The number of methoxy groups -OCH3 is 1. The van der Waals surface area contributed by atoms with Gasteiger partial charge >= 0.3 is 0 Å². The van der Waals surface area contributed by atoms with Crippen LogP contribution in [0.15, 0.2) is 12.1 Å². The van der Waals surface area contributed by atoms with Crippen molar-refractivity contribution in [1.29, 1.82) is 0 Å². The summed E-state index contributed by atoms with van der Waals surface area (Å²) < 4.78 is 31.7. The van der Waals surface area contributed by atoms with E-state index in [-0.39, 0.29) is 12.3 Å². The van der Waals surface area contributed by atoms with E-state index in [1.807, 2.05) is 6.92 Å². The predicted octanol–water partition coefficient (Wildman–Crippen LogP) is 2.05. The Morgan fingerprint density at radius 1 is 1.33 bits per heavy atom. The van der Waals surface area contributed by atoms with Crippen molar-refractivity contribution < 1.29 is 13.5 Å². The number of nitrogens with two attached hydrogens (primary N) is 1. The third kappa shape index (κ3) is 3.92. The Morgan fingerprint density at radius 2 is 2.06 bits per heavy atom. The summed E-state index contributed by atoms with van der Waals surface area (Å²) in [6.07, 6.45) is 0.961. The molecule has 1 rings (SSSR count). The lowest BCUT2D eigenvalue weighted by Gasteiger charge is -2.14. The van der Waals surface area contributed by atoms with E-state index in [0.717, 1.165) is 18.6 Å². The fourth-order valence-electron chi connectivity index (χ4n) is 1.67. The molecule has 0 spiro atoms. The summed E-state index contributed by atoms with van der Waals surface area (Å²) in [7, 11) is 1.31. The van der Waals surface area contributed by atoms with Crippen molar-refractivity contribution in [2.45, 2.75) is 19.9 Å². The van der Waals surface area contributed by atoms with Gasteiger partial charge in [-0.15, -0.1) is 0 Å². The van der Waals surface area contributed by atoms with Gasteiger partial charge in [-0.3, -0.25) is 0 Å². The van der Waals surface area contributed by atoms with Crippen LogP contribution in [0.5, 0.6) is 5.75 Å². The van der Waals surface area contributed by atoms with Gasteiger partial charge in [0.05, 0.1) is 7.11 Å². The number of halogens is 2. The Kier molecular flexibility index (Phi) is 6.01. The van der Waals surface area contributed by atoms with Crippen molar-refractivity contribution in [2.75, 3.05) is 20.2 Å². The molecule has 1 aromatic rings. The highest BCUT2D eigenvalue weighted by Gasteiger charge is 2.10. The first-order valence-electron chi connectivity index (χ1n) is 6.05. The molecule has 0 fully saturated rings. The fourth-order valence-corrected chi connectivity index (χ4v) is 1.67. The lowest BCUT2D eigenvalue weighted by Crippen LogP contribution is -2.27. The molecule has 0 amide bonds. The van der Waals surface area contributed by atoms with Crippen LogP contribution in [-0.4, -0.2) is 20.2 Å². The predicted molar refractivity (Wildman–Crippen MR) is 67.5 cm³/mol. The van der Waals surface area contributed by atoms with Crippen LogP contribution in [0, 0.1) is 17.6 Å². The second-order valence-corrected chi connectivity index (χ2v) is 4.22. The van der Waals surface area contributed by atoms with Crippen molar-refractivity contribution in [2.24, 2.45) is 11.7 Å². The highest BCUT2D eigenvalue weighted by Crippen LogP contribution is 2.21. The molecular weight excluding hydrogens is 238 g/mol. The topological polar surface area (TPSA) is 47.3 Å². The summed E-state index contributed by atoms with van der Waals surface area (Å²) in [5, 5.41) is 3.08. The number of nitrogens with one attached hydrogen (secondary N) is 1. The molecule has 0 aliphatic rings. The molecular formula is C13H20F2N2O. The van der Waals surface area contributed by atoms with Gasteiger partial charge in [0, 0.05) is 18.2 Å². The second-order valence-electron chi connectivity index (χ2n) is 4.22. The van der Waals surface area contributed by atoms with Crippen LogP contribution in [-0.2, 0) is 6.54 Å². The highest BCUT2D eigenvalue weighted by atomic mass is 19.1. The molecule has 0 saturated carbocycles. The SMILES string of the molecule is CCC(CN)CNCc1cc(F)c(OC)cc1F. The van der Waals surface area contributed by atoms with Crippen LogP contribution >= 0.6 is 0 Å². The average Bonchev–Trinajstić information content (AvgIpc) is 2.38. The van der Waals surface area contributed by atoms with Gasteiger partial charge in [0.15, 0.2) is 11.6 Å². The third-order valence-corrected chi connectivity index (χ3v) is 2.98. The first-order chi connectivity index (χ1) is 8.62. The molecule has 0 bridgehead atoms. The molecule has 0 aliphatic carbocycles. The van der Waals surface area contributed by atoms with E-state index in [1.165, 1.54) is 7.11 Å². The number of benzene rings is 1. The van der Waals surface area contributed by atoms with Crippen LogP contribution in [0.4, 0.5) is 8.78 Å². The maximum atomic E-state index is 13.6. The third-order valence-electron chi connectivity index (χ3n) is 2.98. The van der Waals surface area contributed by atoms with Crippen LogP contribution < -0.4 is 15.8 Å². The largest absolute Gasteiger partial charge is 0.494 e. The summed E-state index contributed by atoms with van der Waals surface area (Å²) >= 11 is 0. The monoisotopic (exact) mass is 258 g/mol. The van der Waals surface area contributed by atoms with E-state index in [2.05, 4.69) is 5.32 Å². The van der Waals surface area contributed by atoms with Crippen LogP contribution in [0.2, 0.25) is 0 Å². The molecule has 3 N–H and O–H groups in total. The maximum Gasteiger partial charge on any atom is 0.165 e. The Hall–Kier alpha value is -1.20. The van der Waals surface area contributed by atoms with Gasteiger partial charge in [-0.05, 0) is 25.1 Å². The van der Waals surface area contributed by atoms with E-state index in [1.54, 1.807) is 0 Å². The van der Waals surface area contributed by atoms with E-state index in [4.69, 9.17) is 10.5 Å². The van der Waals surface area contributed by atoms with Crippen LogP contribution in [0.25, 0.3) is 0 Å². The Morgan fingerprint density at radius 3 is 2.61 bits per heavy atom. The summed E-state index contributed by atoms with van der Waals surface area (Å²) in [6, 6.07) is 2.22. The quantitative estimate of drug-likeness (QED) is 0.787. The molecule has 5 heteroatoms. The Bertz CT molecular complexity index is 381. The zero-order valence-corrected chi connectivity index (χ0v) is 10.8. The van der Waals surface area contributed by atoms with Gasteiger partial charge in [-0.25, -0.2) is 8.78 Å². The zero-order valence-electron chi connectivity index (χ0n) is 10.8. The molecule has 3 nitrogen and oxygen atoms in total. The number of hydrogen-bond acceptors (Lipinski definition) is 3. The van der Waals surface area contributed by atoms with E-state index in [9.17, 15) is 8.78 Å². The number of ether oxygens (including phenoxy) is 1. The average molecular weight is 258 g/mol. The van der Waals surface area contributed by atoms with Crippen molar-refractivity contribution in [1.82, 2.24) is 5.32 Å². The minimum atomic E-state index is -0.554. The molecule has 0 heterocycles. The van der Waals surface area contributed by atoms with Gasteiger partial charge in [-0.2, -0.15) is 0 Å². The lowest BCUT2D eigenvalue weighted by molar-refractivity contribution is 0.381. The fraction of sp³-hybridized carbons (Fsp3) is 0.538. The van der Waals surface area contributed by atoms with E-state index >= 15 is 0 Å². The summed E-state index contributed by atoms with van der Waals surface area (Å²) in [4.78, 5) is 0. The summed E-state index contributed by atoms with van der Waals surface area (Å²) in [5.74, 6) is -0.746. The van der Waals surface area contributed by atoms with Crippen LogP contribution in [0.3, 0.4) is 0 Å². The van der Waals surface area contributed by atoms with Gasteiger partial charge in [-0.1, -0.05) is 13.3 Å². The molecule has 102 valence electrons. The summed E-state index contributed by atoms with van der Waals surface area (Å²) in [6.45, 7) is 3.61. The Balaban J connectivity index is 2.60. The minimum absolute atomic E-state index is 0.0790. The second kappa shape index (κ2) is 7.28. The van der Waals surface area contributed by atoms with Crippen molar-refractivity contribution in [3.63, 3.8) is 0 Å². The molecule has 1 unspecified atom stereocenters. The molecule has 0 radical (unpaired) electrons. The molecule has 18 heavy (non-hydrogen) atoms. The number of hydrogen-bond donors (Lipinski definition) is 2. The van der Waals surface area contributed by atoms with E-state index in [0.29, 0.717) is 24.6 Å². The van der Waals surface area contributed by atoms with Gasteiger partial charge in [0.1, 0.15) is 5.82 Å². The normalized spacial score (nSPS) is 12.5. The molecule has 1 aromatic carbocycles. The molecule has 0 aliphatic heterocycles. The number of rotatable bonds is 7. The van der Waals surface area contributed by atoms with Gasteiger partial charge < -0.3 is 15.8 Å². The van der Waals surface area contributed by atoms with E-state index < -0.39 is 11.6 Å². The Labute approximate surface area is 106 Å². The van der Waals surface area contributed by atoms with Gasteiger partial charge in [0.25, 0.3) is 0 Å². The smallest absolute Gasteiger partial charge is 0.165 e. The highest BCUT2D eigenvalue weighted by molar-refractivity contribution is 5.30. The first kappa shape index (κ1) is 14.9. The van der Waals surface area contributed by atoms with Crippen LogP contribution in [0.1, 0.15) is 18.9 Å². The zero-order chi connectivity index (χ0) is 13.5.